The number of aromatic nitrogens is 4. The topological polar surface area (TPSA) is 96.0 Å². The maximum absolute atomic E-state index is 12.6. The Morgan fingerprint density at radius 1 is 1.21 bits per heavy atom. The third-order valence-electron chi connectivity index (χ3n) is 5.04. The number of hydrogen-bond donors (Lipinski definition) is 2. The van der Waals surface area contributed by atoms with Gasteiger partial charge in [0.05, 0.1) is 18.8 Å². The van der Waals surface area contributed by atoms with Crippen LogP contribution < -0.4 is 10.1 Å². The van der Waals surface area contributed by atoms with Crippen molar-refractivity contribution in [2.24, 2.45) is 0 Å². The average molecular weight is 392 g/mol. The Balaban J connectivity index is 1.52. The lowest BCUT2D eigenvalue weighted by molar-refractivity contribution is 0.0937. The minimum Gasteiger partial charge on any atom is -0.481 e. The molecule has 1 saturated heterocycles. The van der Waals surface area contributed by atoms with E-state index in [1.165, 1.54) is 0 Å². The molecule has 0 saturated carbocycles. The second kappa shape index (κ2) is 8.40. The smallest absolute Gasteiger partial charge is 0.251 e. The van der Waals surface area contributed by atoms with E-state index < -0.39 is 0 Å². The number of likely N-dealkylation sites (tertiary alicyclic amines) is 1. The van der Waals surface area contributed by atoms with Crippen LogP contribution in [0.15, 0.2) is 48.5 Å². The summed E-state index contributed by atoms with van der Waals surface area (Å²) in [5, 5.41) is 10.4. The van der Waals surface area contributed by atoms with Gasteiger partial charge in [0.2, 0.25) is 5.88 Å². The van der Waals surface area contributed by atoms with E-state index in [1.54, 1.807) is 7.11 Å². The summed E-state index contributed by atoms with van der Waals surface area (Å²) in [6.07, 6.45) is 0.736. The van der Waals surface area contributed by atoms with Crippen molar-refractivity contribution in [2.45, 2.75) is 32.0 Å². The van der Waals surface area contributed by atoms with Crippen LogP contribution in [-0.2, 0) is 6.54 Å². The highest BCUT2D eigenvalue weighted by Gasteiger charge is 2.36. The minimum absolute atomic E-state index is 0.00267. The predicted molar refractivity (Wildman–Crippen MR) is 107 cm³/mol. The molecule has 0 bridgehead atoms. The first-order valence-electron chi connectivity index (χ1n) is 9.61. The average Bonchev–Trinajstić information content (AvgIpc) is 3.34. The maximum atomic E-state index is 12.6. The van der Waals surface area contributed by atoms with Crippen molar-refractivity contribution in [3.63, 3.8) is 0 Å². The predicted octanol–water partition coefficient (Wildman–Crippen LogP) is 2.26. The van der Waals surface area contributed by atoms with Gasteiger partial charge < -0.3 is 10.1 Å². The third kappa shape index (κ3) is 4.43. The minimum atomic E-state index is -0.0677. The molecule has 8 heteroatoms. The molecule has 8 nitrogen and oxygen atoms in total. The lowest BCUT2D eigenvalue weighted by Gasteiger charge is -2.21. The summed E-state index contributed by atoms with van der Waals surface area (Å²) in [7, 11) is 1.61. The zero-order valence-electron chi connectivity index (χ0n) is 16.5. The number of nitrogens with one attached hydrogen (secondary N) is 2. The molecule has 3 aromatic rings. The molecule has 2 aromatic heterocycles. The van der Waals surface area contributed by atoms with Crippen molar-refractivity contribution in [1.29, 1.82) is 0 Å². The summed E-state index contributed by atoms with van der Waals surface area (Å²) in [6, 6.07) is 15.0. The van der Waals surface area contributed by atoms with E-state index in [-0.39, 0.29) is 18.0 Å². The molecule has 1 fully saturated rings. The zero-order chi connectivity index (χ0) is 20.2. The van der Waals surface area contributed by atoms with E-state index in [1.807, 2.05) is 55.5 Å². The zero-order valence-corrected chi connectivity index (χ0v) is 16.5. The van der Waals surface area contributed by atoms with Gasteiger partial charge in [-0.1, -0.05) is 24.3 Å². The Morgan fingerprint density at radius 2 is 2.03 bits per heavy atom. The summed E-state index contributed by atoms with van der Waals surface area (Å²) in [6.45, 7) is 3.19. The lowest BCUT2D eigenvalue weighted by Crippen LogP contribution is -2.37. The monoisotopic (exact) mass is 392 g/mol. The van der Waals surface area contributed by atoms with Crippen LogP contribution in [0.4, 0.5) is 0 Å². The van der Waals surface area contributed by atoms with Crippen LogP contribution in [0.25, 0.3) is 0 Å². The molecule has 1 amide bonds. The number of amides is 1. The molecule has 0 unspecified atom stereocenters. The molecule has 29 heavy (non-hydrogen) atoms. The van der Waals surface area contributed by atoms with Gasteiger partial charge in [0.15, 0.2) is 5.82 Å². The van der Waals surface area contributed by atoms with Gasteiger partial charge in [0.1, 0.15) is 5.82 Å². The Morgan fingerprint density at radius 3 is 2.76 bits per heavy atom. The number of aryl methyl sites for hydroxylation is 1. The largest absolute Gasteiger partial charge is 0.481 e. The van der Waals surface area contributed by atoms with E-state index in [0.29, 0.717) is 24.5 Å². The first-order chi connectivity index (χ1) is 14.1. The highest BCUT2D eigenvalue weighted by molar-refractivity contribution is 5.94. The van der Waals surface area contributed by atoms with Gasteiger partial charge in [-0.2, -0.15) is 5.10 Å². The lowest BCUT2D eigenvalue weighted by atomic mass is 10.1. The van der Waals surface area contributed by atoms with Crippen LogP contribution in [0.2, 0.25) is 0 Å². The fourth-order valence-electron chi connectivity index (χ4n) is 3.69. The summed E-state index contributed by atoms with van der Waals surface area (Å²) in [5.74, 6) is 2.03. The van der Waals surface area contributed by atoms with E-state index in [2.05, 4.69) is 30.4 Å². The highest BCUT2D eigenvalue weighted by atomic mass is 16.5. The SMILES string of the molecule is COc1cccc(CN2C[C@@H](NC(=O)c3ccccc3)C[C@H]2c2n[nH]c(C)n2)n1. The van der Waals surface area contributed by atoms with Crippen LogP contribution in [-0.4, -0.2) is 50.7 Å². The summed E-state index contributed by atoms with van der Waals surface area (Å²) < 4.78 is 5.24. The number of rotatable bonds is 6. The van der Waals surface area contributed by atoms with Crippen LogP contribution in [0.1, 0.15) is 40.2 Å². The van der Waals surface area contributed by atoms with Crippen LogP contribution >= 0.6 is 0 Å². The Hall–Kier alpha value is -3.26. The number of pyridine rings is 1. The summed E-state index contributed by atoms with van der Waals surface area (Å²) in [5.41, 5.74) is 1.56. The highest BCUT2D eigenvalue weighted by Crippen LogP contribution is 2.31. The number of hydrogen-bond acceptors (Lipinski definition) is 6. The molecule has 2 N–H and O–H groups in total. The summed E-state index contributed by atoms with van der Waals surface area (Å²) in [4.78, 5) is 23.9. The van der Waals surface area contributed by atoms with Crippen molar-refractivity contribution in [3.05, 3.63) is 71.4 Å². The first kappa shape index (κ1) is 19.1. The number of H-pyrrole nitrogens is 1. The molecular weight excluding hydrogens is 368 g/mol. The Kier molecular flexibility index (Phi) is 5.53. The molecule has 0 aliphatic carbocycles. The Labute approximate surface area is 169 Å². The second-order valence-electron chi connectivity index (χ2n) is 7.17. The van der Waals surface area contributed by atoms with Gasteiger partial charge in [-0.15, -0.1) is 0 Å². The number of carbonyl (C=O) groups excluding carboxylic acids is 1. The molecule has 2 atom stereocenters. The molecule has 0 radical (unpaired) electrons. The van der Waals surface area contributed by atoms with Crippen molar-refractivity contribution in [3.8, 4) is 5.88 Å². The van der Waals surface area contributed by atoms with Crippen molar-refractivity contribution in [1.82, 2.24) is 30.4 Å². The molecule has 0 spiro atoms. The molecule has 1 aliphatic rings. The van der Waals surface area contributed by atoms with Gasteiger partial charge in [-0.3, -0.25) is 14.8 Å². The Bertz CT molecular complexity index is 974. The van der Waals surface area contributed by atoms with Gasteiger partial charge in [-0.05, 0) is 31.5 Å². The van der Waals surface area contributed by atoms with Crippen molar-refractivity contribution < 1.29 is 9.53 Å². The molecule has 3 heterocycles. The third-order valence-corrected chi connectivity index (χ3v) is 5.04. The fourth-order valence-corrected chi connectivity index (χ4v) is 3.69. The second-order valence-corrected chi connectivity index (χ2v) is 7.17. The van der Waals surface area contributed by atoms with Crippen molar-refractivity contribution in [2.75, 3.05) is 13.7 Å². The number of methoxy groups -OCH3 is 1. The van der Waals surface area contributed by atoms with Crippen LogP contribution in [0, 0.1) is 6.92 Å². The molecule has 1 aliphatic heterocycles. The standard InChI is InChI=1S/C21H24N6O2/c1-14-22-20(26-25-14)18-11-17(24-21(28)15-7-4-3-5-8-15)13-27(18)12-16-9-6-10-19(23-16)29-2/h3-10,17-18H,11-13H2,1-2H3,(H,24,28)(H,22,25,26)/t17-,18-/m0/s1. The molecule has 4 rings (SSSR count). The van der Waals surface area contributed by atoms with Gasteiger partial charge in [-0.25, -0.2) is 9.97 Å². The van der Waals surface area contributed by atoms with Crippen LogP contribution in [0.3, 0.4) is 0 Å². The van der Waals surface area contributed by atoms with Crippen molar-refractivity contribution >= 4 is 5.91 Å². The number of benzene rings is 1. The molecule has 1 aromatic carbocycles. The van der Waals surface area contributed by atoms with Gasteiger partial charge in [0, 0.05) is 30.8 Å². The van der Waals surface area contributed by atoms with Gasteiger partial charge in [0.25, 0.3) is 5.91 Å². The molecular formula is C21H24N6O2. The first-order valence-corrected chi connectivity index (χ1v) is 9.61. The number of nitrogens with zero attached hydrogens (tertiary/aromatic N) is 4. The van der Waals surface area contributed by atoms with E-state index >= 15 is 0 Å². The van der Waals surface area contributed by atoms with E-state index in [4.69, 9.17) is 4.74 Å². The normalized spacial score (nSPS) is 19.2. The number of carbonyl (C=O) groups is 1. The summed E-state index contributed by atoms with van der Waals surface area (Å²) >= 11 is 0. The van der Waals surface area contributed by atoms with E-state index in [0.717, 1.165) is 23.8 Å². The van der Waals surface area contributed by atoms with Gasteiger partial charge >= 0.3 is 0 Å². The van der Waals surface area contributed by atoms with E-state index in [9.17, 15) is 4.79 Å². The fraction of sp³-hybridized carbons (Fsp3) is 0.333. The van der Waals surface area contributed by atoms with Crippen LogP contribution in [0.5, 0.6) is 5.88 Å². The maximum Gasteiger partial charge on any atom is 0.251 e. The molecule has 150 valence electrons. The number of ether oxygens (including phenoxy) is 1. The quantitative estimate of drug-likeness (QED) is 0.668. The number of aromatic amines is 1.